The molecule has 1 saturated carbocycles. The fourth-order valence-electron chi connectivity index (χ4n) is 2.32. The van der Waals surface area contributed by atoms with E-state index in [1.165, 1.54) is 12.8 Å². The summed E-state index contributed by atoms with van der Waals surface area (Å²) in [6.07, 6.45) is -0.342. The summed E-state index contributed by atoms with van der Waals surface area (Å²) in [6, 6.07) is 1.26. The van der Waals surface area contributed by atoms with E-state index < -0.39 is 12.7 Å². The van der Waals surface area contributed by atoms with E-state index in [0.29, 0.717) is 19.1 Å². The maximum absolute atomic E-state index is 11.8. The van der Waals surface area contributed by atoms with Crippen molar-refractivity contribution in [2.24, 2.45) is 0 Å². The normalized spacial score (nSPS) is 26.6. The van der Waals surface area contributed by atoms with Crippen molar-refractivity contribution >= 4 is 0 Å². The van der Waals surface area contributed by atoms with Gasteiger partial charge in [0.15, 0.2) is 0 Å². The van der Waals surface area contributed by atoms with Crippen LogP contribution in [0, 0.1) is 0 Å². The Morgan fingerprint density at radius 1 is 1.12 bits per heavy atom. The van der Waals surface area contributed by atoms with Crippen LogP contribution in [-0.2, 0) is 0 Å². The van der Waals surface area contributed by atoms with Gasteiger partial charge in [-0.15, -0.1) is 0 Å². The number of likely N-dealkylation sites (tertiary alicyclic amines) is 1. The number of alkyl halides is 3. The van der Waals surface area contributed by atoms with Gasteiger partial charge in [-0.25, -0.2) is 0 Å². The minimum atomic E-state index is -4.10. The number of rotatable bonds is 6. The van der Waals surface area contributed by atoms with E-state index in [1.807, 2.05) is 0 Å². The molecule has 1 aliphatic carbocycles. The number of nitrogens with one attached hydrogen (secondary N) is 2. The van der Waals surface area contributed by atoms with E-state index >= 15 is 0 Å². The lowest BCUT2D eigenvalue weighted by Gasteiger charge is -2.16. The van der Waals surface area contributed by atoms with Gasteiger partial charge in [0.05, 0.1) is 6.54 Å². The number of hydrogen-bond acceptors (Lipinski definition) is 3. The first kappa shape index (κ1) is 13.1. The van der Waals surface area contributed by atoms with Gasteiger partial charge in [0.1, 0.15) is 0 Å². The molecule has 3 nitrogen and oxygen atoms in total. The molecule has 0 aromatic carbocycles. The van der Waals surface area contributed by atoms with Crippen molar-refractivity contribution in [3.63, 3.8) is 0 Å². The van der Waals surface area contributed by atoms with Gasteiger partial charge in [0.2, 0.25) is 0 Å². The maximum atomic E-state index is 11.8. The molecule has 0 spiro atoms. The summed E-state index contributed by atoms with van der Waals surface area (Å²) in [7, 11) is 0. The van der Waals surface area contributed by atoms with E-state index in [-0.39, 0.29) is 0 Å². The average Bonchev–Trinajstić information content (AvgIpc) is 2.97. The van der Waals surface area contributed by atoms with Gasteiger partial charge in [-0.1, -0.05) is 0 Å². The molecule has 1 unspecified atom stereocenters. The molecule has 1 heterocycles. The van der Waals surface area contributed by atoms with Gasteiger partial charge in [0.25, 0.3) is 0 Å². The van der Waals surface area contributed by atoms with Crippen LogP contribution in [0.5, 0.6) is 0 Å². The van der Waals surface area contributed by atoms with E-state index in [0.717, 1.165) is 25.6 Å². The van der Waals surface area contributed by atoms with E-state index in [2.05, 4.69) is 15.5 Å². The molecule has 0 aromatic rings. The second-order valence-corrected chi connectivity index (χ2v) is 4.96. The Labute approximate surface area is 99.7 Å². The standard InChI is InChI=1S/C11H20F3N3/c12-11(13,14)8-15-4-5-16-9-3-6-17(7-9)10-1-2-10/h9-10,15-16H,1-8H2. The van der Waals surface area contributed by atoms with Crippen LogP contribution in [0.2, 0.25) is 0 Å². The first-order valence-electron chi connectivity index (χ1n) is 6.29. The lowest BCUT2D eigenvalue weighted by atomic mass is 10.2. The van der Waals surface area contributed by atoms with E-state index in [4.69, 9.17) is 0 Å². The summed E-state index contributed by atoms with van der Waals surface area (Å²) >= 11 is 0. The summed E-state index contributed by atoms with van der Waals surface area (Å²) < 4.78 is 35.5. The number of nitrogens with zero attached hydrogens (tertiary/aromatic N) is 1. The summed E-state index contributed by atoms with van der Waals surface area (Å²) in [5.41, 5.74) is 0. The van der Waals surface area contributed by atoms with Crippen LogP contribution < -0.4 is 10.6 Å². The minimum Gasteiger partial charge on any atom is -0.311 e. The van der Waals surface area contributed by atoms with Crippen molar-refractivity contribution in [1.82, 2.24) is 15.5 Å². The molecule has 100 valence electrons. The second-order valence-electron chi connectivity index (χ2n) is 4.96. The van der Waals surface area contributed by atoms with Gasteiger partial charge in [-0.2, -0.15) is 13.2 Å². The predicted octanol–water partition coefficient (Wildman–Crippen LogP) is 0.965. The molecule has 0 bridgehead atoms. The van der Waals surface area contributed by atoms with Crippen molar-refractivity contribution in [3.8, 4) is 0 Å². The Morgan fingerprint density at radius 2 is 1.88 bits per heavy atom. The van der Waals surface area contributed by atoms with Gasteiger partial charge in [0, 0.05) is 38.3 Å². The highest BCUT2D eigenvalue weighted by Gasteiger charge is 2.34. The zero-order valence-corrected chi connectivity index (χ0v) is 9.89. The molecule has 1 atom stereocenters. The van der Waals surface area contributed by atoms with Crippen LogP contribution in [0.4, 0.5) is 13.2 Å². The third kappa shape index (κ3) is 4.81. The Hall–Kier alpha value is -0.330. The molecule has 2 N–H and O–H groups in total. The Morgan fingerprint density at radius 3 is 2.53 bits per heavy atom. The zero-order chi connectivity index (χ0) is 12.3. The average molecular weight is 251 g/mol. The van der Waals surface area contributed by atoms with Crippen LogP contribution in [0.15, 0.2) is 0 Å². The summed E-state index contributed by atoms with van der Waals surface area (Å²) in [6.45, 7) is 2.29. The molecular weight excluding hydrogens is 231 g/mol. The highest BCUT2D eigenvalue weighted by Crippen LogP contribution is 2.29. The Balaban J connectivity index is 1.48. The topological polar surface area (TPSA) is 27.3 Å². The summed E-state index contributed by atoms with van der Waals surface area (Å²) in [5, 5.41) is 5.70. The van der Waals surface area contributed by atoms with Crippen molar-refractivity contribution in [2.45, 2.75) is 37.5 Å². The third-order valence-corrected chi connectivity index (χ3v) is 3.34. The van der Waals surface area contributed by atoms with Crippen LogP contribution in [-0.4, -0.2) is 55.9 Å². The van der Waals surface area contributed by atoms with E-state index in [9.17, 15) is 13.2 Å². The highest BCUT2D eigenvalue weighted by molar-refractivity contribution is 4.91. The lowest BCUT2D eigenvalue weighted by Crippen LogP contribution is -2.39. The van der Waals surface area contributed by atoms with Crippen molar-refractivity contribution in [1.29, 1.82) is 0 Å². The van der Waals surface area contributed by atoms with Crippen molar-refractivity contribution in [3.05, 3.63) is 0 Å². The van der Waals surface area contributed by atoms with Gasteiger partial charge in [-0.05, 0) is 19.3 Å². The van der Waals surface area contributed by atoms with E-state index in [1.54, 1.807) is 0 Å². The molecule has 0 aromatic heterocycles. The first-order chi connectivity index (χ1) is 8.04. The molecule has 2 rings (SSSR count). The Kier molecular flexibility index (Phi) is 4.27. The molecule has 2 aliphatic rings. The highest BCUT2D eigenvalue weighted by atomic mass is 19.4. The number of hydrogen-bond donors (Lipinski definition) is 2. The Bertz CT molecular complexity index is 241. The van der Waals surface area contributed by atoms with Crippen LogP contribution in [0.3, 0.4) is 0 Å². The lowest BCUT2D eigenvalue weighted by molar-refractivity contribution is -0.124. The fraction of sp³-hybridized carbons (Fsp3) is 1.00. The second kappa shape index (κ2) is 5.54. The van der Waals surface area contributed by atoms with Crippen LogP contribution in [0.25, 0.3) is 0 Å². The molecule has 6 heteroatoms. The molecule has 0 radical (unpaired) electrons. The predicted molar refractivity (Wildman–Crippen MR) is 59.9 cm³/mol. The first-order valence-corrected chi connectivity index (χ1v) is 6.29. The monoisotopic (exact) mass is 251 g/mol. The smallest absolute Gasteiger partial charge is 0.311 e. The molecule has 1 saturated heterocycles. The quantitative estimate of drug-likeness (QED) is 0.689. The van der Waals surface area contributed by atoms with Crippen molar-refractivity contribution < 1.29 is 13.2 Å². The largest absolute Gasteiger partial charge is 0.401 e. The maximum Gasteiger partial charge on any atom is 0.401 e. The van der Waals surface area contributed by atoms with Gasteiger partial charge >= 0.3 is 6.18 Å². The van der Waals surface area contributed by atoms with Gasteiger partial charge < -0.3 is 10.6 Å². The minimum absolute atomic E-state index is 0.374. The molecular formula is C11H20F3N3. The third-order valence-electron chi connectivity index (χ3n) is 3.34. The summed E-state index contributed by atoms with van der Waals surface area (Å²) in [5.74, 6) is 0. The SMILES string of the molecule is FC(F)(F)CNCCNC1CCN(C2CC2)C1. The molecule has 17 heavy (non-hydrogen) atoms. The van der Waals surface area contributed by atoms with Gasteiger partial charge in [-0.3, -0.25) is 4.90 Å². The van der Waals surface area contributed by atoms with Crippen LogP contribution >= 0.6 is 0 Å². The molecule has 0 amide bonds. The summed E-state index contributed by atoms with van der Waals surface area (Å²) in [4.78, 5) is 2.49. The fourth-order valence-corrected chi connectivity index (χ4v) is 2.32. The molecule has 2 fully saturated rings. The van der Waals surface area contributed by atoms with Crippen LogP contribution in [0.1, 0.15) is 19.3 Å². The molecule has 1 aliphatic heterocycles. The number of halogens is 3. The zero-order valence-electron chi connectivity index (χ0n) is 9.89. The van der Waals surface area contributed by atoms with Crippen molar-refractivity contribution in [2.75, 3.05) is 32.7 Å².